The molecule has 5 heteroatoms. The fraction of sp³-hybridized carbons (Fsp3) is 0.500. The molecule has 0 radical (unpaired) electrons. The highest BCUT2D eigenvalue weighted by Crippen LogP contribution is 2.10. The Morgan fingerprint density at radius 3 is 2.82 bits per heavy atom. The lowest BCUT2D eigenvalue weighted by atomic mass is 10.4. The van der Waals surface area contributed by atoms with E-state index in [4.69, 9.17) is 0 Å². The van der Waals surface area contributed by atoms with Crippen LogP contribution in [0.15, 0.2) is 4.99 Å². The van der Waals surface area contributed by atoms with Gasteiger partial charge in [-0.05, 0) is 6.42 Å². The first-order valence-electron chi connectivity index (χ1n) is 3.18. The number of amides is 3. The number of carbonyl (C=O) groups excluding carboxylic acids is 3. The highest BCUT2D eigenvalue weighted by atomic mass is 16.2. The van der Waals surface area contributed by atoms with Crippen LogP contribution in [0, 0.1) is 0 Å². The van der Waals surface area contributed by atoms with E-state index in [0.717, 1.165) is 11.0 Å². The molecule has 0 saturated carbocycles. The minimum absolute atomic E-state index is 0.269. The molecule has 1 saturated heterocycles. The predicted molar refractivity (Wildman–Crippen MR) is 34.5 cm³/mol. The summed E-state index contributed by atoms with van der Waals surface area (Å²) in [5.41, 5.74) is 0. The quantitative estimate of drug-likeness (QED) is 0.366. The summed E-state index contributed by atoms with van der Waals surface area (Å²) in [6.07, 6.45) is 2.11. The van der Waals surface area contributed by atoms with E-state index in [9.17, 15) is 14.4 Å². The van der Waals surface area contributed by atoms with Crippen molar-refractivity contribution in [2.24, 2.45) is 4.99 Å². The zero-order valence-corrected chi connectivity index (χ0v) is 5.74. The zero-order chi connectivity index (χ0) is 8.27. The predicted octanol–water partition coefficient (Wildman–Crippen LogP) is 0.0646. The van der Waals surface area contributed by atoms with Crippen molar-refractivity contribution in [3.05, 3.63) is 0 Å². The minimum Gasteiger partial charge on any atom is -0.274 e. The van der Waals surface area contributed by atoms with Crippen LogP contribution in [0.3, 0.4) is 0 Å². The molecule has 0 N–H and O–H groups in total. The Hall–Kier alpha value is -1.48. The van der Waals surface area contributed by atoms with Crippen LogP contribution in [0.1, 0.15) is 12.8 Å². The molecule has 5 nitrogen and oxygen atoms in total. The Bertz CT molecular complexity index is 242. The van der Waals surface area contributed by atoms with Crippen molar-refractivity contribution < 1.29 is 14.4 Å². The molecule has 0 aromatic carbocycles. The molecule has 58 valence electrons. The van der Waals surface area contributed by atoms with E-state index in [2.05, 4.69) is 4.99 Å². The summed E-state index contributed by atoms with van der Waals surface area (Å²) in [7, 11) is 0. The van der Waals surface area contributed by atoms with Gasteiger partial charge in [0.05, 0.1) is 0 Å². The van der Waals surface area contributed by atoms with Gasteiger partial charge in [0.1, 0.15) is 0 Å². The number of isocyanates is 1. The van der Waals surface area contributed by atoms with Crippen molar-refractivity contribution in [2.75, 3.05) is 6.54 Å². The molecule has 0 spiro atoms. The Morgan fingerprint density at radius 1 is 1.64 bits per heavy atom. The number of aliphatic imine (C=N–C) groups is 1. The first kappa shape index (κ1) is 7.63. The smallest absolute Gasteiger partial charge is 0.274 e. The van der Waals surface area contributed by atoms with Crippen molar-refractivity contribution in [1.29, 1.82) is 0 Å². The third-order valence-corrected chi connectivity index (χ3v) is 1.45. The van der Waals surface area contributed by atoms with Gasteiger partial charge in [0.15, 0.2) is 0 Å². The first-order valence-corrected chi connectivity index (χ1v) is 3.18. The molecule has 1 heterocycles. The molecule has 1 rings (SSSR count). The molecule has 0 aliphatic carbocycles. The van der Waals surface area contributed by atoms with E-state index in [1.807, 2.05) is 0 Å². The van der Waals surface area contributed by atoms with Crippen molar-refractivity contribution >= 4 is 18.0 Å². The topological polar surface area (TPSA) is 66.8 Å². The summed E-state index contributed by atoms with van der Waals surface area (Å²) in [5, 5.41) is 0. The van der Waals surface area contributed by atoms with Gasteiger partial charge in [0, 0.05) is 13.0 Å². The molecule has 1 aliphatic rings. The number of urea groups is 1. The van der Waals surface area contributed by atoms with Crippen LogP contribution in [-0.4, -0.2) is 29.5 Å². The van der Waals surface area contributed by atoms with Gasteiger partial charge < -0.3 is 0 Å². The molecule has 1 fully saturated rings. The monoisotopic (exact) mass is 154 g/mol. The number of likely N-dealkylation sites (tertiary alicyclic amines) is 1. The van der Waals surface area contributed by atoms with Crippen LogP contribution in [0.2, 0.25) is 0 Å². The molecule has 0 bridgehead atoms. The number of hydrogen-bond acceptors (Lipinski definition) is 3. The summed E-state index contributed by atoms with van der Waals surface area (Å²) >= 11 is 0. The van der Waals surface area contributed by atoms with Gasteiger partial charge in [-0.25, -0.2) is 9.59 Å². The lowest BCUT2D eigenvalue weighted by Gasteiger charge is -2.06. The van der Waals surface area contributed by atoms with Crippen LogP contribution < -0.4 is 0 Å². The third kappa shape index (κ3) is 1.50. The van der Waals surface area contributed by atoms with Crippen molar-refractivity contribution in [3.63, 3.8) is 0 Å². The fourth-order valence-corrected chi connectivity index (χ4v) is 0.950. The molecule has 0 unspecified atom stereocenters. The fourth-order valence-electron chi connectivity index (χ4n) is 0.950. The Balaban J connectivity index is 2.67. The van der Waals surface area contributed by atoms with Gasteiger partial charge in [-0.1, -0.05) is 0 Å². The summed E-state index contributed by atoms with van der Waals surface area (Å²) in [6.45, 7) is 0.364. The summed E-state index contributed by atoms with van der Waals surface area (Å²) in [4.78, 5) is 34.9. The van der Waals surface area contributed by atoms with E-state index in [1.165, 1.54) is 0 Å². The van der Waals surface area contributed by atoms with E-state index in [0.29, 0.717) is 19.4 Å². The first-order chi connectivity index (χ1) is 5.25. The molecule has 3 amide bonds. The number of rotatable bonds is 0. The maximum Gasteiger partial charge on any atom is 0.361 e. The van der Waals surface area contributed by atoms with Gasteiger partial charge in [0.2, 0.25) is 12.0 Å². The molecule has 0 aromatic heterocycles. The third-order valence-electron chi connectivity index (χ3n) is 1.45. The number of carbonyl (C=O) groups is 2. The molecular formula is C6H6N2O3. The Labute approximate surface area is 62.7 Å². The van der Waals surface area contributed by atoms with E-state index in [-0.39, 0.29) is 5.91 Å². The molecule has 0 atom stereocenters. The lowest BCUT2D eigenvalue weighted by Crippen LogP contribution is -2.28. The van der Waals surface area contributed by atoms with Crippen molar-refractivity contribution in [3.8, 4) is 0 Å². The molecule has 0 aromatic rings. The van der Waals surface area contributed by atoms with Crippen molar-refractivity contribution in [1.82, 2.24) is 4.90 Å². The second-order valence-electron chi connectivity index (χ2n) is 2.13. The maximum absolute atomic E-state index is 10.8. The van der Waals surface area contributed by atoms with Gasteiger partial charge >= 0.3 is 6.03 Å². The summed E-state index contributed by atoms with van der Waals surface area (Å²) in [6, 6.07) is -0.803. The SMILES string of the molecule is O=C=NC(=O)N1CCCC1=O. The summed E-state index contributed by atoms with van der Waals surface area (Å²) in [5.74, 6) is -0.269. The van der Waals surface area contributed by atoms with Gasteiger partial charge in [-0.2, -0.15) is 0 Å². The molecular weight excluding hydrogens is 148 g/mol. The van der Waals surface area contributed by atoms with Gasteiger partial charge in [-0.15, -0.1) is 4.99 Å². The van der Waals surface area contributed by atoms with Crippen LogP contribution in [0.25, 0.3) is 0 Å². The van der Waals surface area contributed by atoms with Crippen molar-refractivity contribution in [2.45, 2.75) is 12.8 Å². The normalized spacial score (nSPS) is 16.4. The molecule has 1 aliphatic heterocycles. The second-order valence-corrected chi connectivity index (χ2v) is 2.13. The standard InChI is InChI=1S/C6H6N2O3/c9-4-7-6(11)8-3-1-2-5(8)10/h1-3H2. The van der Waals surface area contributed by atoms with Crippen LogP contribution >= 0.6 is 0 Å². The second kappa shape index (κ2) is 3.07. The molecule has 11 heavy (non-hydrogen) atoms. The highest BCUT2D eigenvalue weighted by molar-refractivity contribution is 5.97. The lowest BCUT2D eigenvalue weighted by molar-refractivity contribution is -0.125. The Kier molecular flexibility index (Phi) is 2.13. The van der Waals surface area contributed by atoms with Crippen LogP contribution in [0.4, 0.5) is 4.79 Å². The average Bonchev–Trinajstić information content (AvgIpc) is 2.36. The Morgan fingerprint density at radius 2 is 2.36 bits per heavy atom. The van der Waals surface area contributed by atoms with E-state index < -0.39 is 6.03 Å². The van der Waals surface area contributed by atoms with Gasteiger partial charge in [-0.3, -0.25) is 9.69 Å². The number of imide groups is 1. The van der Waals surface area contributed by atoms with Crippen LogP contribution in [0.5, 0.6) is 0 Å². The maximum atomic E-state index is 10.8. The number of nitrogens with zero attached hydrogens (tertiary/aromatic N) is 2. The van der Waals surface area contributed by atoms with E-state index >= 15 is 0 Å². The highest BCUT2D eigenvalue weighted by Gasteiger charge is 2.25. The minimum atomic E-state index is -0.803. The number of hydrogen-bond donors (Lipinski definition) is 0. The van der Waals surface area contributed by atoms with E-state index in [1.54, 1.807) is 0 Å². The van der Waals surface area contributed by atoms with Crippen LogP contribution in [-0.2, 0) is 9.59 Å². The largest absolute Gasteiger partial charge is 0.361 e. The van der Waals surface area contributed by atoms with Gasteiger partial charge in [0.25, 0.3) is 0 Å². The summed E-state index contributed by atoms with van der Waals surface area (Å²) < 4.78 is 0. The average molecular weight is 154 g/mol. The zero-order valence-electron chi connectivity index (χ0n) is 5.74.